The van der Waals surface area contributed by atoms with E-state index in [-0.39, 0.29) is 17.8 Å². The van der Waals surface area contributed by atoms with E-state index in [1.165, 1.54) is 7.11 Å². The van der Waals surface area contributed by atoms with Gasteiger partial charge in [-0.05, 0) is 52.0 Å². The molecule has 8 heteroatoms. The number of hydrogen-bond donors (Lipinski definition) is 1. The van der Waals surface area contributed by atoms with Crippen LogP contribution in [0.2, 0.25) is 0 Å². The van der Waals surface area contributed by atoms with E-state index in [1.807, 2.05) is 51.1 Å². The lowest BCUT2D eigenvalue weighted by Crippen LogP contribution is -2.59. The normalized spacial score (nSPS) is 25.6. The van der Waals surface area contributed by atoms with Crippen LogP contribution < -0.4 is 5.32 Å². The van der Waals surface area contributed by atoms with E-state index in [9.17, 15) is 14.4 Å². The molecule has 0 radical (unpaired) electrons. The number of nitrogens with one attached hydrogen (secondary N) is 1. The summed E-state index contributed by atoms with van der Waals surface area (Å²) >= 11 is 0. The van der Waals surface area contributed by atoms with Crippen LogP contribution in [-0.2, 0) is 25.7 Å². The molecule has 1 aromatic rings. The third-order valence-electron chi connectivity index (χ3n) is 7.53. The summed E-state index contributed by atoms with van der Waals surface area (Å²) < 4.78 is 5.15. The van der Waals surface area contributed by atoms with Crippen LogP contribution in [0.15, 0.2) is 35.3 Å². The first-order valence-electron chi connectivity index (χ1n) is 12.2. The Morgan fingerprint density at radius 1 is 1.18 bits per heavy atom. The summed E-state index contributed by atoms with van der Waals surface area (Å²) in [5.74, 6) is -0.534. The molecule has 0 aliphatic carbocycles. The Morgan fingerprint density at radius 2 is 1.88 bits per heavy atom. The van der Waals surface area contributed by atoms with E-state index >= 15 is 0 Å². The number of likely N-dealkylation sites (tertiary alicyclic amines) is 1. The number of ether oxygens (including phenoxy) is 1. The van der Waals surface area contributed by atoms with Crippen LogP contribution in [0.1, 0.15) is 65.4 Å². The van der Waals surface area contributed by atoms with Gasteiger partial charge in [0, 0.05) is 26.1 Å². The Balaban J connectivity index is 1.63. The minimum Gasteiger partial charge on any atom is -0.467 e. The third kappa shape index (κ3) is 4.55. The maximum Gasteiger partial charge on any atom is 0.336 e. The molecule has 1 fully saturated rings. The first kappa shape index (κ1) is 25.7. The largest absolute Gasteiger partial charge is 0.467 e. The zero-order valence-electron chi connectivity index (χ0n) is 21.1. The standard InChI is InChI=1S/C26H38N4O4/c1-6-17-29-19-28-26(23(33)34-5,24(29,2)3)14-10-16-27-22(32)25(4)15-13-21(31)30(25)18-20-11-8-7-9-12-20/h7-9,11-12,19H,6,10,13-18H2,1-5H3,(H,27,32). The quantitative estimate of drug-likeness (QED) is 0.419. The molecule has 2 unspecified atom stereocenters. The van der Waals surface area contributed by atoms with Gasteiger partial charge in [-0.25, -0.2) is 4.79 Å². The van der Waals surface area contributed by atoms with Crippen LogP contribution in [0.5, 0.6) is 0 Å². The van der Waals surface area contributed by atoms with Crippen molar-refractivity contribution in [3.05, 3.63) is 35.9 Å². The van der Waals surface area contributed by atoms with Gasteiger partial charge in [0.05, 0.1) is 19.0 Å². The number of carbonyl (C=O) groups is 3. The van der Waals surface area contributed by atoms with E-state index in [1.54, 1.807) is 11.2 Å². The van der Waals surface area contributed by atoms with Gasteiger partial charge < -0.3 is 19.9 Å². The molecule has 2 atom stereocenters. The maximum absolute atomic E-state index is 13.2. The SMILES string of the molecule is CCCN1C=NC(CCCNC(=O)C2(C)CCC(=O)N2Cc2ccccc2)(C(=O)OC)C1(C)C. The summed E-state index contributed by atoms with van der Waals surface area (Å²) in [5.41, 5.74) is -1.45. The van der Waals surface area contributed by atoms with Crippen LogP contribution in [-0.4, -0.2) is 70.7 Å². The highest BCUT2D eigenvalue weighted by molar-refractivity contribution is 5.94. The van der Waals surface area contributed by atoms with Crippen molar-refractivity contribution in [2.75, 3.05) is 20.2 Å². The van der Waals surface area contributed by atoms with Crippen molar-refractivity contribution < 1.29 is 19.1 Å². The monoisotopic (exact) mass is 470 g/mol. The summed E-state index contributed by atoms with van der Waals surface area (Å²) in [5, 5.41) is 3.01. The molecule has 2 amide bonds. The van der Waals surface area contributed by atoms with Gasteiger partial charge in [0.1, 0.15) is 5.54 Å². The van der Waals surface area contributed by atoms with E-state index in [2.05, 4.69) is 22.1 Å². The topological polar surface area (TPSA) is 91.3 Å². The zero-order valence-corrected chi connectivity index (χ0v) is 21.1. The van der Waals surface area contributed by atoms with Crippen LogP contribution in [0.4, 0.5) is 0 Å². The molecule has 2 aliphatic heterocycles. The summed E-state index contributed by atoms with van der Waals surface area (Å²) in [4.78, 5) is 47.0. The van der Waals surface area contributed by atoms with Gasteiger partial charge in [-0.3, -0.25) is 14.6 Å². The van der Waals surface area contributed by atoms with Gasteiger partial charge in [0.2, 0.25) is 11.8 Å². The summed E-state index contributed by atoms with van der Waals surface area (Å²) in [6.45, 7) is 9.54. The molecule has 186 valence electrons. The molecule has 8 nitrogen and oxygen atoms in total. The highest BCUT2D eigenvalue weighted by Gasteiger charge is 2.57. The van der Waals surface area contributed by atoms with Crippen molar-refractivity contribution in [2.45, 2.75) is 83.0 Å². The lowest BCUT2D eigenvalue weighted by molar-refractivity contribution is -0.151. The first-order chi connectivity index (χ1) is 16.1. The second-order valence-electron chi connectivity index (χ2n) is 9.95. The minimum absolute atomic E-state index is 0.01000. The van der Waals surface area contributed by atoms with Crippen molar-refractivity contribution >= 4 is 24.1 Å². The van der Waals surface area contributed by atoms with Gasteiger partial charge in [0.25, 0.3) is 0 Å². The maximum atomic E-state index is 13.2. The average molecular weight is 471 g/mol. The first-order valence-corrected chi connectivity index (χ1v) is 12.2. The van der Waals surface area contributed by atoms with E-state index in [4.69, 9.17) is 4.74 Å². The van der Waals surface area contributed by atoms with Gasteiger partial charge in [-0.2, -0.15) is 0 Å². The lowest BCUT2D eigenvalue weighted by Gasteiger charge is -2.42. The number of aliphatic imine (C=N–C) groups is 1. The van der Waals surface area contributed by atoms with Crippen molar-refractivity contribution in [2.24, 2.45) is 4.99 Å². The summed E-state index contributed by atoms with van der Waals surface area (Å²) in [6.07, 6.45) is 4.56. The predicted molar refractivity (Wildman–Crippen MR) is 131 cm³/mol. The average Bonchev–Trinajstić information content (AvgIpc) is 3.26. The number of nitrogens with zero attached hydrogens (tertiary/aromatic N) is 3. The molecular weight excluding hydrogens is 432 g/mol. The fraction of sp³-hybridized carbons (Fsp3) is 0.615. The Labute approximate surface area is 202 Å². The number of methoxy groups -OCH3 is 1. The van der Waals surface area contributed by atoms with Crippen molar-refractivity contribution in [3.8, 4) is 0 Å². The molecule has 0 saturated carbocycles. The highest BCUT2D eigenvalue weighted by Crippen LogP contribution is 2.40. The Kier molecular flexibility index (Phi) is 7.68. The third-order valence-corrected chi connectivity index (χ3v) is 7.53. The highest BCUT2D eigenvalue weighted by atomic mass is 16.5. The van der Waals surface area contributed by atoms with Crippen LogP contribution in [0, 0.1) is 0 Å². The predicted octanol–water partition coefficient (Wildman–Crippen LogP) is 2.91. The van der Waals surface area contributed by atoms with E-state index < -0.39 is 16.6 Å². The fourth-order valence-corrected chi connectivity index (χ4v) is 5.13. The molecule has 34 heavy (non-hydrogen) atoms. The molecule has 1 N–H and O–H groups in total. The minimum atomic E-state index is -1.02. The molecule has 0 spiro atoms. The fourth-order valence-electron chi connectivity index (χ4n) is 5.13. The van der Waals surface area contributed by atoms with Crippen molar-refractivity contribution in [3.63, 3.8) is 0 Å². The van der Waals surface area contributed by atoms with Gasteiger partial charge in [-0.15, -0.1) is 0 Å². The number of amides is 2. The molecule has 2 aliphatic rings. The molecule has 0 aromatic heterocycles. The smallest absolute Gasteiger partial charge is 0.336 e. The number of esters is 1. The second-order valence-corrected chi connectivity index (χ2v) is 9.95. The molecule has 1 aromatic carbocycles. The van der Waals surface area contributed by atoms with Crippen molar-refractivity contribution in [1.29, 1.82) is 0 Å². The number of benzene rings is 1. The number of carbonyl (C=O) groups excluding carboxylic acids is 3. The van der Waals surface area contributed by atoms with Gasteiger partial charge in [-0.1, -0.05) is 37.3 Å². The van der Waals surface area contributed by atoms with E-state index in [0.717, 1.165) is 18.5 Å². The van der Waals surface area contributed by atoms with Gasteiger partial charge in [0.15, 0.2) is 5.54 Å². The van der Waals surface area contributed by atoms with Crippen molar-refractivity contribution in [1.82, 2.24) is 15.1 Å². The molecule has 1 saturated heterocycles. The molecular formula is C26H38N4O4. The summed E-state index contributed by atoms with van der Waals surface area (Å²) in [6, 6.07) is 9.71. The van der Waals surface area contributed by atoms with Crippen LogP contribution in [0.3, 0.4) is 0 Å². The lowest BCUT2D eigenvalue weighted by atomic mass is 9.76. The van der Waals surface area contributed by atoms with Crippen LogP contribution in [0.25, 0.3) is 0 Å². The number of hydrogen-bond acceptors (Lipinski definition) is 6. The molecule has 3 rings (SSSR count). The summed E-state index contributed by atoms with van der Waals surface area (Å²) in [7, 11) is 1.39. The van der Waals surface area contributed by atoms with Gasteiger partial charge >= 0.3 is 5.97 Å². The molecule has 0 bridgehead atoms. The Bertz CT molecular complexity index is 932. The Morgan fingerprint density at radius 3 is 2.53 bits per heavy atom. The van der Waals surface area contributed by atoms with E-state index in [0.29, 0.717) is 38.8 Å². The van der Waals surface area contributed by atoms with Crippen LogP contribution >= 0.6 is 0 Å². The second kappa shape index (κ2) is 10.2. The Hall–Kier alpha value is -2.90. The zero-order chi connectivity index (χ0) is 25.0. The molecule has 2 heterocycles. The number of rotatable bonds is 10.